The first-order valence-corrected chi connectivity index (χ1v) is 7.96. The van der Waals surface area contributed by atoms with Gasteiger partial charge in [-0.05, 0) is 31.5 Å². The minimum Gasteiger partial charge on any atom is -0.493 e. The van der Waals surface area contributed by atoms with Crippen molar-refractivity contribution in [2.45, 2.75) is 13.8 Å². The SMILES string of the molecule is COC(=O)c1c(NC(=O)c2cccc(OC)c2OC)sc(C)c1C. The smallest absolute Gasteiger partial charge is 0.341 e. The Bertz CT molecular complexity index is 782. The number of carbonyl (C=O) groups is 2. The predicted octanol–water partition coefficient (Wildman–Crippen LogP) is 3.42. The molecule has 0 spiro atoms. The fraction of sp³-hybridized carbons (Fsp3) is 0.294. The highest BCUT2D eigenvalue weighted by molar-refractivity contribution is 7.16. The predicted molar refractivity (Wildman–Crippen MR) is 92.6 cm³/mol. The van der Waals surface area contributed by atoms with Crippen LogP contribution in [0.25, 0.3) is 0 Å². The first-order valence-electron chi connectivity index (χ1n) is 7.15. The van der Waals surface area contributed by atoms with Gasteiger partial charge in [0.2, 0.25) is 0 Å². The number of thiophene rings is 1. The van der Waals surface area contributed by atoms with E-state index in [2.05, 4.69) is 5.32 Å². The third-order valence-corrected chi connectivity index (χ3v) is 4.77. The Balaban J connectivity index is 2.41. The Labute approximate surface area is 144 Å². The summed E-state index contributed by atoms with van der Waals surface area (Å²) in [5.74, 6) is -0.0825. The molecule has 24 heavy (non-hydrogen) atoms. The number of ether oxygens (including phenoxy) is 3. The molecule has 0 aliphatic rings. The molecule has 0 saturated carbocycles. The summed E-state index contributed by atoms with van der Waals surface area (Å²) in [5.41, 5.74) is 1.48. The van der Waals surface area contributed by atoms with Gasteiger partial charge in [-0.15, -0.1) is 11.3 Å². The molecule has 1 N–H and O–H groups in total. The number of aryl methyl sites for hydroxylation is 1. The van der Waals surface area contributed by atoms with Crippen LogP contribution in [0.5, 0.6) is 11.5 Å². The number of esters is 1. The number of carbonyl (C=O) groups excluding carboxylic acids is 2. The summed E-state index contributed by atoms with van der Waals surface area (Å²) in [7, 11) is 4.28. The normalized spacial score (nSPS) is 10.2. The molecule has 2 aromatic rings. The fourth-order valence-corrected chi connectivity index (χ4v) is 3.34. The number of amides is 1. The number of rotatable bonds is 5. The van der Waals surface area contributed by atoms with Crippen molar-refractivity contribution in [2.75, 3.05) is 26.6 Å². The van der Waals surface area contributed by atoms with Crippen molar-refractivity contribution in [3.8, 4) is 11.5 Å². The highest BCUT2D eigenvalue weighted by Gasteiger charge is 2.23. The van der Waals surface area contributed by atoms with E-state index in [4.69, 9.17) is 14.2 Å². The number of methoxy groups -OCH3 is 3. The van der Waals surface area contributed by atoms with Gasteiger partial charge in [0.05, 0.1) is 32.5 Å². The number of nitrogens with one attached hydrogen (secondary N) is 1. The van der Waals surface area contributed by atoms with Gasteiger partial charge >= 0.3 is 5.97 Å². The second kappa shape index (κ2) is 7.35. The maximum Gasteiger partial charge on any atom is 0.341 e. The molecule has 128 valence electrons. The van der Waals surface area contributed by atoms with E-state index in [1.165, 1.54) is 32.7 Å². The molecular weight excluding hydrogens is 330 g/mol. The quantitative estimate of drug-likeness (QED) is 0.837. The van der Waals surface area contributed by atoms with E-state index in [9.17, 15) is 9.59 Å². The van der Waals surface area contributed by atoms with Crippen LogP contribution in [-0.4, -0.2) is 33.2 Å². The highest BCUT2D eigenvalue weighted by Crippen LogP contribution is 2.35. The molecule has 0 atom stereocenters. The molecule has 1 amide bonds. The van der Waals surface area contributed by atoms with Crippen LogP contribution in [0.4, 0.5) is 5.00 Å². The van der Waals surface area contributed by atoms with Crippen LogP contribution in [0.15, 0.2) is 18.2 Å². The molecule has 1 aromatic carbocycles. The van der Waals surface area contributed by atoms with Crippen LogP contribution in [-0.2, 0) is 4.74 Å². The molecule has 2 rings (SSSR count). The lowest BCUT2D eigenvalue weighted by atomic mass is 10.1. The van der Waals surface area contributed by atoms with Crippen molar-refractivity contribution >= 4 is 28.2 Å². The second-order valence-electron chi connectivity index (χ2n) is 4.97. The molecule has 0 fully saturated rings. The van der Waals surface area contributed by atoms with Gasteiger partial charge in [-0.25, -0.2) is 4.79 Å². The fourth-order valence-electron chi connectivity index (χ4n) is 2.30. The van der Waals surface area contributed by atoms with Crippen molar-refractivity contribution in [2.24, 2.45) is 0 Å². The minimum absolute atomic E-state index is 0.316. The van der Waals surface area contributed by atoms with E-state index in [1.807, 2.05) is 13.8 Å². The van der Waals surface area contributed by atoms with Crippen molar-refractivity contribution in [1.29, 1.82) is 0 Å². The van der Waals surface area contributed by atoms with Crippen LogP contribution >= 0.6 is 11.3 Å². The standard InChI is InChI=1S/C17H19NO5S/c1-9-10(2)24-16(13(9)17(20)23-5)18-15(19)11-7-6-8-12(21-3)14(11)22-4/h6-8H,1-5H3,(H,18,19). The molecular formula is C17H19NO5S. The third-order valence-electron chi connectivity index (χ3n) is 3.65. The van der Waals surface area contributed by atoms with Gasteiger partial charge in [-0.1, -0.05) is 6.07 Å². The van der Waals surface area contributed by atoms with Crippen molar-refractivity contribution in [3.05, 3.63) is 39.8 Å². The first-order chi connectivity index (χ1) is 11.4. The van der Waals surface area contributed by atoms with Gasteiger partial charge in [0.15, 0.2) is 11.5 Å². The largest absolute Gasteiger partial charge is 0.493 e. The molecule has 0 saturated heterocycles. The van der Waals surface area contributed by atoms with Crippen LogP contribution in [0, 0.1) is 13.8 Å². The van der Waals surface area contributed by atoms with E-state index in [1.54, 1.807) is 18.2 Å². The zero-order chi connectivity index (χ0) is 17.9. The van der Waals surface area contributed by atoms with Gasteiger partial charge in [0.25, 0.3) is 5.91 Å². The summed E-state index contributed by atoms with van der Waals surface area (Å²) in [6, 6.07) is 5.03. The van der Waals surface area contributed by atoms with Crippen molar-refractivity contribution < 1.29 is 23.8 Å². The number of hydrogen-bond donors (Lipinski definition) is 1. The van der Waals surface area contributed by atoms with Crippen molar-refractivity contribution in [1.82, 2.24) is 0 Å². The Morgan fingerprint density at radius 3 is 2.38 bits per heavy atom. The van der Waals surface area contributed by atoms with Crippen molar-refractivity contribution in [3.63, 3.8) is 0 Å². The molecule has 0 bridgehead atoms. The lowest BCUT2D eigenvalue weighted by Crippen LogP contribution is -2.15. The molecule has 0 unspecified atom stereocenters. The Morgan fingerprint density at radius 2 is 1.79 bits per heavy atom. The molecule has 6 nitrogen and oxygen atoms in total. The highest BCUT2D eigenvalue weighted by atomic mass is 32.1. The van der Waals surface area contributed by atoms with Crippen LogP contribution in [0.3, 0.4) is 0 Å². The molecule has 0 aliphatic carbocycles. The van der Waals surface area contributed by atoms with Crippen LogP contribution in [0.2, 0.25) is 0 Å². The molecule has 0 aliphatic heterocycles. The van der Waals surface area contributed by atoms with E-state index in [0.29, 0.717) is 27.6 Å². The third kappa shape index (κ3) is 3.21. The Hall–Kier alpha value is -2.54. The zero-order valence-corrected chi connectivity index (χ0v) is 15.0. The van der Waals surface area contributed by atoms with Gasteiger partial charge in [0.1, 0.15) is 5.00 Å². The Kier molecular flexibility index (Phi) is 5.46. The maximum atomic E-state index is 12.7. The number of para-hydroxylation sites is 1. The minimum atomic E-state index is -0.482. The molecule has 0 radical (unpaired) electrons. The monoisotopic (exact) mass is 349 g/mol. The summed E-state index contributed by atoms with van der Waals surface area (Å²) in [5, 5.41) is 3.22. The Morgan fingerprint density at radius 1 is 1.08 bits per heavy atom. The average Bonchev–Trinajstić information content (AvgIpc) is 2.87. The number of anilines is 1. The molecule has 1 heterocycles. The molecule has 1 aromatic heterocycles. The summed E-state index contributed by atoms with van der Waals surface area (Å²) < 4.78 is 15.3. The molecule has 7 heteroatoms. The lowest BCUT2D eigenvalue weighted by molar-refractivity contribution is 0.0601. The summed E-state index contributed by atoms with van der Waals surface area (Å²) in [4.78, 5) is 25.6. The van der Waals surface area contributed by atoms with E-state index in [-0.39, 0.29) is 0 Å². The van der Waals surface area contributed by atoms with Gasteiger partial charge in [-0.3, -0.25) is 4.79 Å². The van der Waals surface area contributed by atoms with E-state index >= 15 is 0 Å². The number of benzene rings is 1. The second-order valence-corrected chi connectivity index (χ2v) is 6.20. The average molecular weight is 349 g/mol. The van der Waals surface area contributed by atoms with Crippen LogP contribution in [0.1, 0.15) is 31.2 Å². The summed E-state index contributed by atoms with van der Waals surface area (Å²) >= 11 is 1.33. The lowest BCUT2D eigenvalue weighted by Gasteiger charge is -2.12. The maximum absolute atomic E-state index is 12.7. The van der Waals surface area contributed by atoms with Gasteiger partial charge in [0, 0.05) is 4.88 Å². The zero-order valence-electron chi connectivity index (χ0n) is 14.2. The number of hydrogen-bond acceptors (Lipinski definition) is 6. The van der Waals surface area contributed by atoms with E-state index < -0.39 is 11.9 Å². The van der Waals surface area contributed by atoms with Crippen LogP contribution < -0.4 is 14.8 Å². The first kappa shape index (κ1) is 17.8. The topological polar surface area (TPSA) is 73.9 Å². The summed E-state index contributed by atoms with van der Waals surface area (Å²) in [6.07, 6.45) is 0. The van der Waals surface area contributed by atoms with E-state index in [0.717, 1.165) is 10.4 Å². The van der Waals surface area contributed by atoms with Gasteiger partial charge in [-0.2, -0.15) is 0 Å². The summed E-state index contributed by atoms with van der Waals surface area (Å²) in [6.45, 7) is 3.70. The van der Waals surface area contributed by atoms with Gasteiger partial charge < -0.3 is 19.5 Å².